The van der Waals surface area contributed by atoms with Crippen LogP contribution >= 0.6 is 0 Å². The number of hydrogen-bond donors (Lipinski definition) is 1. The normalized spacial score (nSPS) is 18.2. The molecule has 1 aromatic carbocycles. The van der Waals surface area contributed by atoms with E-state index in [0.717, 1.165) is 18.4 Å². The largest absolute Gasteiger partial charge is 0.435 e. The average molecular weight is 227 g/mol. The van der Waals surface area contributed by atoms with Crippen molar-refractivity contribution in [3.63, 3.8) is 0 Å². The molecule has 88 valence electrons. The highest BCUT2D eigenvalue weighted by atomic mass is 19.3. The van der Waals surface area contributed by atoms with E-state index in [4.69, 9.17) is 5.73 Å². The number of alkyl halides is 2. The van der Waals surface area contributed by atoms with Gasteiger partial charge in [0.2, 0.25) is 0 Å². The second kappa shape index (κ2) is 4.78. The fourth-order valence-corrected chi connectivity index (χ4v) is 1.97. The maximum absolute atomic E-state index is 12.0. The van der Waals surface area contributed by atoms with Crippen molar-refractivity contribution in [1.29, 1.82) is 0 Å². The van der Waals surface area contributed by atoms with Crippen LogP contribution in [-0.2, 0) is 0 Å². The number of halogens is 2. The summed E-state index contributed by atoms with van der Waals surface area (Å²) >= 11 is 0. The second-order valence-electron chi connectivity index (χ2n) is 4.17. The lowest BCUT2D eigenvalue weighted by atomic mass is 9.77. The molecule has 16 heavy (non-hydrogen) atoms. The molecule has 0 amide bonds. The van der Waals surface area contributed by atoms with E-state index in [1.807, 2.05) is 6.07 Å². The van der Waals surface area contributed by atoms with Crippen LogP contribution in [0.2, 0.25) is 0 Å². The van der Waals surface area contributed by atoms with E-state index < -0.39 is 6.61 Å². The van der Waals surface area contributed by atoms with E-state index >= 15 is 0 Å². The third-order valence-electron chi connectivity index (χ3n) is 3.13. The van der Waals surface area contributed by atoms with Crippen molar-refractivity contribution in [2.75, 3.05) is 0 Å². The van der Waals surface area contributed by atoms with Crippen molar-refractivity contribution in [2.45, 2.75) is 31.9 Å². The Labute approximate surface area is 93.4 Å². The molecule has 2 nitrogen and oxygen atoms in total. The molecule has 2 rings (SSSR count). The third-order valence-corrected chi connectivity index (χ3v) is 3.13. The minimum absolute atomic E-state index is 0.0602. The highest BCUT2D eigenvalue weighted by Gasteiger charge is 2.25. The zero-order chi connectivity index (χ0) is 11.5. The first kappa shape index (κ1) is 11.3. The van der Waals surface area contributed by atoms with Gasteiger partial charge in [0.25, 0.3) is 0 Å². The summed E-state index contributed by atoms with van der Waals surface area (Å²) in [7, 11) is 0. The minimum Gasteiger partial charge on any atom is -0.435 e. The van der Waals surface area contributed by atoms with Crippen LogP contribution in [0.1, 0.15) is 30.9 Å². The Morgan fingerprint density at radius 3 is 2.62 bits per heavy atom. The maximum atomic E-state index is 12.0. The summed E-state index contributed by atoms with van der Waals surface area (Å²) in [5.41, 5.74) is 6.93. The van der Waals surface area contributed by atoms with E-state index in [0.29, 0.717) is 5.92 Å². The van der Waals surface area contributed by atoms with E-state index in [1.54, 1.807) is 12.1 Å². The fourth-order valence-electron chi connectivity index (χ4n) is 1.97. The van der Waals surface area contributed by atoms with Gasteiger partial charge in [-0.25, -0.2) is 0 Å². The number of ether oxygens (including phenoxy) is 1. The van der Waals surface area contributed by atoms with Crippen molar-refractivity contribution in [1.82, 2.24) is 0 Å². The summed E-state index contributed by atoms with van der Waals surface area (Å²) in [5, 5.41) is 0. The maximum Gasteiger partial charge on any atom is 0.387 e. The van der Waals surface area contributed by atoms with Crippen molar-refractivity contribution >= 4 is 0 Å². The van der Waals surface area contributed by atoms with Gasteiger partial charge in [0.05, 0.1) is 0 Å². The van der Waals surface area contributed by atoms with Crippen molar-refractivity contribution < 1.29 is 13.5 Å². The molecule has 0 radical (unpaired) electrons. The molecular formula is C12H15F2NO. The van der Waals surface area contributed by atoms with Crippen LogP contribution in [0.3, 0.4) is 0 Å². The summed E-state index contributed by atoms with van der Waals surface area (Å²) in [6.07, 6.45) is 3.47. The molecule has 0 saturated heterocycles. The van der Waals surface area contributed by atoms with E-state index in [2.05, 4.69) is 4.74 Å². The minimum atomic E-state index is -2.78. The molecule has 1 aromatic rings. The van der Waals surface area contributed by atoms with Crippen molar-refractivity contribution in [2.24, 2.45) is 11.7 Å². The monoisotopic (exact) mass is 227 g/mol. The average Bonchev–Trinajstić information content (AvgIpc) is 2.14. The standard InChI is InChI=1S/C12H15F2NO/c13-12(14)16-10-6-2-5-9(7-10)11(15)8-3-1-4-8/h2,5-8,11-12H,1,3-4,15H2/t11-/m1/s1. The number of rotatable bonds is 4. The van der Waals surface area contributed by atoms with Gasteiger partial charge in [-0.1, -0.05) is 18.6 Å². The first-order valence-electron chi connectivity index (χ1n) is 5.47. The van der Waals surface area contributed by atoms with Crippen molar-refractivity contribution in [3.05, 3.63) is 29.8 Å². The quantitative estimate of drug-likeness (QED) is 0.857. The van der Waals surface area contributed by atoms with Gasteiger partial charge in [-0.05, 0) is 36.5 Å². The molecule has 0 spiro atoms. The molecule has 0 heterocycles. The Balaban J connectivity index is 2.08. The van der Waals surface area contributed by atoms with Crippen LogP contribution in [0.25, 0.3) is 0 Å². The molecule has 0 bridgehead atoms. The molecule has 1 aliphatic carbocycles. The summed E-state index contributed by atoms with van der Waals surface area (Å²) in [4.78, 5) is 0. The number of hydrogen-bond acceptors (Lipinski definition) is 2. The highest BCUT2D eigenvalue weighted by Crippen LogP contribution is 2.36. The Hall–Kier alpha value is -1.16. The van der Waals surface area contributed by atoms with Crippen LogP contribution in [0.5, 0.6) is 5.75 Å². The van der Waals surface area contributed by atoms with Gasteiger partial charge in [-0.2, -0.15) is 8.78 Å². The number of benzene rings is 1. The number of nitrogens with two attached hydrogens (primary N) is 1. The molecule has 0 unspecified atom stereocenters. The molecule has 4 heteroatoms. The molecule has 1 atom stereocenters. The van der Waals surface area contributed by atoms with Crippen LogP contribution in [0, 0.1) is 5.92 Å². The first-order valence-corrected chi connectivity index (χ1v) is 5.47. The fraction of sp³-hybridized carbons (Fsp3) is 0.500. The molecular weight excluding hydrogens is 212 g/mol. The predicted octanol–water partition coefficient (Wildman–Crippen LogP) is 3.09. The second-order valence-corrected chi connectivity index (χ2v) is 4.17. The Bertz CT molecular complexity index is 353. The molecule has 1 saturated carbocycles. The highest BCUT2D eigenvalue weighted by molar-refractivity contribution is 5.31. The molecule has 1 aliphatic rings. The first-order chi connectivity index (χ1) is 7.66. The topological polar surface area (TPSA) is 35.2 Å². The lowest BCUT2D eigenvalue weighted by Gasteiger charge is -2.31. The van der Waals surface area contributed by atoms with Gasteiger partial charge in [-0.3, -0.25) is 0 Å². The summed E-state index contributed by atoms with van der Waals surface area (Å²) in [5.74, 6) is 0.670. The van der Waals surface area contributed by atoms with Gasteiger partial charge in [0.1, 0.15) is 5.75 Å². The van der Waals surface area contributed by atoms with E-state index in [1.165, 1.54) is 12.5 Å². The summed E-state index contributed by atoms with van der Waals surface area (Å²) in [6.45, 7) is -2.78. The smallest absolute Gasteiger partial charge is 0.387 e. The van der Waals surface area contributed by atoms with Gasteiger partial charge in [0, 0.05) is 6.04 Å². The van der Waals surface area contributed by atoms with Gasteiger partial charge in [0.15, 0.2) is 0 Å². The van der Waals surface area contributed by atoms with Gasteiger partial charge < -0.3 is 10.5 Å². The molecule has 2 N–H and O–H groups in total. The van der Waals surface area contributed by atoms with Crippen LogP contribution in [-0.4, -0.2) is 6.61 Å². The SMILES string of the molecule is N[C@@H](c1cccc(OC(F)F)c1)C1CCC1. The van der Waals surface area contributed by atoms with Gasteiger partial charge in [-0.15, -0.1) is 0 Å². The lowest BCUT2D eigenvalue weighted by molar-refractivity contribution is -0.0499. The molecule has 0 aliphatic heterocycles. The molecule has 1 fully saturated rings. The van der Waals surface area contributed by atoms with E-state index in [-0.39, 0.29) is 11.8 Å². The predicted molar refractivity (Wildman–Crippen MR) is 57.3 cm³/mol. The zero-order valence-corrected chi connectivity index (χ0v) is 8.90. The summed E-state index contributed by atoms with van der Waals surface area (Å²) < 4.78 is 28.4. The summed E-state index contributed by atoms with van der Waals surface area (Å²) in [6, 6.07) is 6.63. The van der Waals surface area contributed by atoms with Crippen LogP contribution < -0.4 is 10.5 Å². The van der Waals surface area contributed by atoms with Crippen LogP contribution in [0.4, 0.5) is 8.78 Å². The van der Waals surface area contributed by atoms with E-state index in [9.17, 15) is 8.78 Å². The lowest BCUT2D eigenvalue weighted by Crippen LogP contribution is -2.26. The molecule has 0 aromatic heterocycles. The van der Waals surface area contributed by atoms with Gasteiger partial charge >= 0.3 is 6.61 Å². The Morgan fingerprint density at radius 2 is 2.06 bits per heavy atom. The Morgan fingerprint density at radius 1 is 1.31 bits per heavy atom. The zero-order valence-electron chi connectivity index (χ0n) is 8.90. The van der Waals surface area contributed by atoms with Crippen molar-refractivity contribution in [3.8, 4) is 5.75 Å². The Kier molecular flexibility index (Phi) is 3.39. The third kappa shape index (κ3) is 2.50. The van der Waals surface area contributed by atoms with Crippen LogP contribution in [0.15, 0.2) is 24.3 Å².